The molecule has 0 aliphatic carbocycles. The largest absolute Gasteiger partial charge is 0.366 e. The van der Waals surface area contributed by atoms with Gasteiger partial charge in [-0.15, -0.1) is 0 Å². The van der Waals surface area contributed by atoms with E-state index in [4.69, 9.17) is 11.6 Å². The van der Waals surface area contributed by atoms with Crippen LogP contribution in [0.5, 0.6) is 0 Å². The lowest BCUT2D eigenvalue weighted by molar-refractivity contribution is 0.0929. The zero-order chi connectivity index (χ0) is 19.1. The third-order valence-corrected chi connectivity index (χ3v) is 5.87. The molecule has 5 rings (SSSR count). The van der Waals surface area contributed by atoms with Crippen molar-refractivity contribution in [1.82, 2.24) is 20.6 Å². The number of amides is 1. The van der Waals surface area contributed by atoms with Gasteiger partial charge in [-0.3, -0.25) is 4.79 Å². The smallest absolute Gasteiger partial charge is 0.251 e. The fourth-order valence-corrected chi connectivity index (χ4v) is 4.23. The summed E-state index contributed by atoms with van der Waals surface area (Å²) in [4.78, 5) is 19.2. The Hall–Kier alpha value is -2.76. The summed E-state index contributed by atoms with van der Waals surface area (Å²) in [6, 6.07) is 12.1. The topological polar surface area (TPSA) is 72.7 Å². The van der Waals surface area contributed by atoms with Crippen LogP contribution < -0.4 is 10.6 Å². The van der Waals surface area contributed by atoms with Crippen molar-refractivity contribution in [1.29, 1.82) is 0 Å². The molecule has 0 radical (unpaired) electrons. The van der Waals surface area contributed by atoms with E-state index in [1.807, 2.05) is 42.7 Å². The molecule has 1 aliphatic rings. The number of rotatable bonds is 3. The van der Waals surface area contributed by atoms with Crippen LogP contribution in [0.1, 0.15) is 23.2 Å². The number of halogens is 1. The molecule has 1 saturated heterocycles. The van der Waals surface area contributed by atoms with Crippen molar-refractivity contribution in [3.05, 3.63) is 59.4 Å². The van der Waals surface area contributed by atoms with Gasteiger partial charge in [0.2, 0.25) is 0 Å². The van der Waals surface area contributed by atoms with Gasteiger partial charge in [-0.2, -0.15) is 0 Å². The molecule has 2 aromatic carbocycles. The number of fused-ring (bicyclic) bond motifs is 2. The first-order chi connectivity index (χ1) is 13.7. The molecule has 0 spiro atoms. The summed E-state index contributed by atoms with van der Waals surface area (Å²) < 4.78 is 0. The minimum Gasteiger partial charge on any atom is -0.366 e. The Balaban J connectivity index is 1.47. The molecule has 2 aromatic heterocycles. The van der Waals surface area contributed by atoms with Crippen molar-refractivity contribution in [3.63, 3.8) is 0 Å². The molecule has 1 aliphatic heterocycles. The molecular weight excluding hydrogens is 372 g/mol. The second kappa shape index (κ2) is 7.00. The normalized spacial score (nSPS) is 15.3. The third kappa shape index (κ3) is 3.07. The van der Waals surface area contributed by atoms with E-state index in [1.165, 1.54) is 0 Å². The Morgan fingerprint density at radius 2 is 1.86 bits per heavy atom. The first-order valence-corrected chi connectivity index (χ1v) is 9.96. The van der Waals surface area contributed by atoms with E-state index in [9.17, 15) is 4.79 Å². The number of carbonyl (C=O) groups is 1. The van der Waals surface area contributed by atoms with Gasteiger partial charge in [-0.05, 0) is 56.3 Å². The zero-order valence-corrected chi connectivity index (χ0v) is 16.1. The fraction of sp³-hybridized carbons (Fsp3) is 0.227. The Labute approximate surface area is 167 Å². The monoisotopic (exact) mass is 392 g/mol. The van der Waals surface area contributed by atoms with Crippen LogP contribution in [0, 0.1) is 0 Å². The van der Waals surface area contributed by atoms with E-state index >= 15 is 0 Å². The van der Waals surface area contributed by atoms with Gasteiger partial charge in [0, 0.05) is 62.0 Å². The number of aromatic amines is 2. The van der Waals surface area contributed by atoms with E-state index in [2.05, 4.69) is 26.7 Å². The molecule has 4 aromatic rings. The zero-order valence-electron chi connectivity index (χ0n) is 15.3. The van der Waals surface area contributed by atoms with Crippen molar-refractivity contribution in [3.8, 4) is 11.3 Å². The van der Waals surface area contributed by atoms with Crippen molar-refractivity contribution in [2.45, 2.75) is 18.9 Å². The minimum absolute atomic E-state index is 0.00364. The quantitative estimate of drug-likeness (QED) is 0.416. The van der Waals surface area contributed by atoms with Crippen molar-refractivity contribution >= 4 is 39.2 Å². The number of nitrogens with one attached hydrogen (secondary N) is 4. The molecule has 0 saturated carbocycles. The third-order valence-electron chi connectivity index (χ3n) is 5.54. The predicted octanol–water partition coefficient (Wildman–Crippen LogP) is 4.45. The molecule has 4 N–H and O–H groups in total. The molecular formula is C22H21ClN4O. The average Bonchev–Trinajstić information content (AvgIpc) is 3.36. The summed E-state index contributed by atoms with van der Waals surface area (Å²) in [5, 5.41) is 10.3. The van der Waals surface area contributed by atoms with Crippen LogP contribution in [-0.2, 0) is 0 Å². The number of piperidine rings is 1. The second-order valence-corrected chi connectivity index (χ2v) is 7.77. The number of H-pyrrole nitrogens is 2. The Morgan fingerprint density at radius 3 is 2.71 bits per heavy atom. The van der Waals surface area contributed by atoms with E-state index in [1.54, 1.807) is 0 Å². The number of hydrogen-bond donors (Lipinski definition) is 4. The maximum atomic E-state index is 12.7. The highest BCUT2D eigenvalue weighted by molar-refractivity contribution is 6.36. The Kier molecular flexibility index (Phi) is 4.34. The minimum atomic E-state index is -0.00364. The van der Waals surface area contributed by atoms with Gasteiger partial charge in [-0.25, -0.2) is 0 Å². The van der Waals surface area contributed by atoms with Gasteiger partial charge in [0.25, 0.3) is 5.91 Å². The summed E-state index contributed by atoms with van der Waals surface area (Å²) in [7, 11) is 0. The Bertz CT molecular complexity index is 1170. The van der Waals surface area contributed by atoms with Gasteiger partial charge in [0.15, 0.2) is 0 Å². The molecule has 0 bridgehead atoms. The Morgan fingerprint density at radius 1 is 1.04 bits per heavy atom. The number of carbonyl (C=O) groups excluding carboxylic acids is 1. The maximum absolute atomic E-state index is 12.7. The maximum Gasteiger partial charge on any atom is 0.251 e. The number of benzene rings is 2. The van der Waals surface area contributed by atoms with E-state index in [-0.39, 0.29) is 11.9 Å². The van der Waals surface area contributed by atoms with Crippen LogP contribution in [0.2, 0.25) is 5.02 Å². The van der Waals surface area contributed by atoms with Crippen LogP contribution in [-0.4, -0.2) is 35.0 Å². The lowest BCUT2D eigenvalue weighted by atomic mass is 10.0. The number of aromatic nitrogens is 2. The predicted molar refractivity (Wildman–Crippen MR) is 114 cm³/mol. The highest BCUT2D eigenvalue weighted by Gasteiger charge is 2.17. The lowest BCUT2D eigenvalue weighted by Gasteiger charge is -2.23. The molecule has 1 amide bonds. The highest BCUT2D eigenvalue weighted by atomic mass is 35.5. The van der Waals surface area contributed by atoms with Crippen LogP contribution in [0.4, 0.5) is 0 Å². The molecule has 0 atom stereocenters. The van der Waals surface area contributed by atoms with E-state index < -0.39 is 0 Å². The summed E-state index contributed by atoms with van der Waals surface area (Å²) in [5.74, 6) is -0.00364. The fourth-order valence-electron chi connectivity index (χ4n) is 4.01. The van der Waals surface area contributed by atoms with Crippen LogP contribution >= 0.6 is 11.6 Å². The van der Waals surface area contributed by atoms with Gasteiger partial charge < -0.3 is 20.6 Å². The lowest BCUT2D eigenvalue weighted by Crippen LogP contribution is -2.42. The second-order valence-electron chi connectivity index (χ2n) is 7.36. The van der Waals surface area contributed by atoms with Gasteiger partial charge in [0.1, 0.15) is 0 Å². The van der Waals surface area contributed by atoms with Gasteiger partial charge in [0.05, 0.1) is 0 Å². The van der Waals surface area contributed by atoms with Crippen LogP contribution in [0.25, 0.3) is 32.9 Å². The van der Waals surface area contributed by atoms with Crippen molar-refractivity contribution in [2.24, 2.45) is 0 Å². The molecule has 142 valence electrons. The van der Waals surface area contributed by atoms with Gasteiger partial charge >= 0.3 is 0 Å². The summed E-state index contributed by atoms with van der Waals surface area (Å²) in [6.07, 6.45) is 5.82. The van der Waals surface area contributed by atoms with E-state index in [0.717, 1.165) is 63.9 Å². The standard InChI is InChI=1S/C22H21ClN4O/c23-19-3-2-16(17-11-25-12-18(17)19)21-10-14-9-13(1-4-20(14)27-21)22(28)26-15-5-7-24-8-6-15/h1-4,9-12,15,24-25,27H,5-8H2,(H,26,28). The molecule has 3 heterocycles. The first-order valence-electron chi connectivity index (χ1n) is 9.59. The summed E-state index contributed by atoms with van der Waals surface area (Å²) in [6.45, 7) is 1.92. The molecule has 0 unspecified atom stereocenters. The van der Waals surface area contributed by atoms with Crippen LogP contribution in [0.15, 0.2) is 48.8 Å². The first kappa shape index (κ1) is 17.3. The average molecular weight is 393 g/mol. The summed E-state index contributed by atoms with van der Waals surface area (Å²) >= 11 is 6.29. The molecule has 6 heteroatoms. The number of hydrogen-bond acceptors (Lipinski definition) is 2. The summed E-state index contributed by atoms with van der Waals surface area (Å²) in [5.41, 5.74) is 3.79. The van der Waals surface area contributed by atoms with E-state index in [0.29, 0.717) is 5.56 Å². The SMILES string of the molecule is O=C(NC1CCNCC1)c1ccc2[nH]c(-c3ccc(Cl)c4c[nH]cc34)cc2c1. The molecule has 5 nitrogen and oxygen atoms in total. The van der Waals surface area contributed by atoms with Crippen molar-refractivity contribution in [2.75, 3.05) is 13.1 Å². The van der Waals surface area contributed by atoms with Crippen LogP contribution in [0.3, 0.4) is 0 Å². The molecule has 28 heavy (non-hydrogen) atoms. The molecule has 1 fully saturated rings. The van der Waals surface area contributed by atoms with Gasteiger partial charge in [-0.1, -0.05) is 17.7 Å². The highest BCUT2D eigenvalue weighted by Crippen LogP contribution is 2.34. The van der Waals surface area contributed by atoms with Crippen molar-refractivity contribution < 1.29 is 4.79 Å².